The third kappa shape index (κ3) is 3.48. The number of ether oxygens (including phenoxy) is 1. The predicted octanol–water partition coefficient (Wildman–Crippen LogP) is 3.22. The Bertz CT molecular complexity index is 444. The van der Waals surface area contributed by atoms with Gasteiger partial charge in [0.2, 0.25) is 0 Å². The van der Waals surface area contributed by atoms with Gasteiger partial charge in [-0.3, -0.25) is 4.98 Å². The van der Waals surface area contributed by atoms with E-state index in [0.29, 0.717) is 6.20 Å². The lowest BCUT2D eigenvalue weighted by atomic mass is 10.2. The van der Waals surface area contributed by atoms with E-state index in [2.05, 4.69) is 25.7 Å². The van der Waals surface area contributed by atoms with Crippen molar-refractivity contribution in [3.05, 3.63) is 21.9 Å². The van der Waals surface area contributed by atoms with Crippen molar-refractivity contribution in [2.75, 3.05) is 0 Å². The summed E-state index contributed by atoms with van der Waals surface area (Å²) in [5.41, 5.74) is 3.29. The SMILES string of the molecule is NCc1cnc(C(F)(F)F)c(Br)c1OC(F)(F)F. The maximum atomic E-state index is 12.4. The molecule has 0 spiro atoms. The molecule has 0 saturated heterocycles. The third-order valence-corrected chi connectivity index (χ3v) is 2.49. The molecule has 1 heterocycles. The molecule has 10 heteroatoms. The topological polar surface area (TPSA) is 48.1 Å². The van der Waals surface area contributed by atoms with E-state index in [9.17, 15) is 26.3 Å². The van der Waals surface area contributed by atoms with Gasteiger partial charge in [0.25, 0.3) is 0 Å². The Hall–Kier alpha value is -1.03. The Morgan fingerprint density at radius 1 is 1.22 bits per heavy atom. The van der Waals surface area contributed by atoms with Crippen LogP contribution >= 0.6 is 15.9 Å². The van der Waals surface area contributed by atoms with Crippen LogP contribution in [0.2, 0.25) is 0 Å². The van der Waals surface area contributed by atoms with Crippen LogP contribution < -0.4 is 10.5 Å². The lowest BCUT2D eigenvalue weighted by Gasteiger charge is -2.16. The highest BCUT2D eigenvalue weighted by atomic mass is 79.9. The first-order chi connectivity index (χ1) is 8.06. The van der Waals surface area contributed by atoms with Gasteiger partial charge in [-0.15, -0.1) is 13.2 Å². The molecule has 0 atom stereocenters. The average molecular weight is 339 g/mol. The number of halogens is 7. The van der Waals surface area contributed by atoms with Crippen molar-refractivity contribution in [3.8, 4) is 5.75 Å². The Kier molecular flexibility index (Phi) is 4.11. The summed E-state index contributed by atoms with van der Waals surface area (Å²) in [7, 11) is 0. The number of hydrogen-bond acceptors (Lipinski definition) is 3. The summed E-state index contributed by atoms with van der Waals surface area (Å²) in [6.07, 6.45) is -9.44. The van der Waals surface area contributed by atoms with Gasteiger partial charge in [-0.2, -0.15) is 13.2 Å². The molecule has 0 aliphatic carbocycles. The van der Waals surface area contributed by atoms with Crippen LogP contribution in [0, 0.1) is 0 Å². The molecule has 0 amide bonds. The first-order valence-corrected chi connectivity index (χ1v) is 5.06. The first-order valence-electron chi connectivity index (χ1n) is 4.26. The van der Waals surface area contributed by atoms with Crippen LogP contribution in [0.1, 0.15) is 11.3 Å². The monoisotopic (exact) mass is 338 g/mol. The number of alkyl halides is 6. The maximum absolute atomic E-state index is 12.4. The summed E-state index contributed by atoms with van der Waals surface area (Å²) in [5, 5.41) is 0. The quantitative estimate of drug-likeness (QED) is 0.842. The molecule has 102 valence electrons. The zero-order chi connectivity index (χ0) is 14.1. The van der Waals surface area contributed by atoms with Crippen molar-refractivity contribution in [2.24, 2.45) is 5.73 Å². The molecule has 0 aliphatic rings. The van der Waals surface area contributed by atoms with Gasteiger partial charge in [0.1, 0.15) is 0 Å². The van der Waals surface area contributed by atoms with Crippen LogP contribution in [0.3, 0.4) is 0 Å². The number of pyridine rings is 1. The van der Waals surface area contributed by atoms with Gasteiger partial charge in [0, 0.05) is 18.3 Å². The largest absolute Gasteiger partial charge is 0.573 e. The minimum absolute atomic E-state index is 0.299. The summed E-state index contributed by atoms with van der Waals surface area (Å²) in [6.45, 7) is -0.449. The fraction of sp³-hybridized carbons (Fsp3) is 0.375. The van der Waals surface area contributed by atoms with Crippen molar-refractivity contribution in [3.63, 3.8) is 0 Å². The van der Waals surface area contributed by atoms with Gasteiger partial charge in [-0.1, -0.05) is 0 Å². The fourth-order valence-electron chi connectivity index (χ4n) is 1.08. The van der Waals surface area contributed by atoms with Crippen LogP contribution in [0.15, 0.2) is 10.7 Å². The lowest BCUT2D eigenvalue weighted by Crippen LogP contribution is -2.21. The van der Waals surface area contributed by atoms with E-state index in [4.69, 9.17) is 5.73 Å². The van der Waals surface area contributed by atoms with Crippen LogP contribution in [0.25, 0.3) is 0 Å². The molecule has 3 nitrogen and oxygen atoms in total. The second-order valence-corrected chi connectivity index (χ2v) is 3.82. The number of nitrogens with two attached hydrogens (primary N) is 1. The van der Waals surface area contributed by atoms with E-state index in [1.165, 1.54) is 0 Å². The molecule has 0 fully saturated rings. The van der Waals surface area contributed by atoms with E-state index in [0.717, 1.165) is 0 Å². The highest BCUT2D eigenvalue weighted by Gasteiger charge is 2.39. The van der Waals surface area contributed by atoms with E-state index in [1.54, 1.807) is 0 Å². The highest BCUT2D eigenvalue weighted by Crippen LogP contribution is 2.41. The number of aromatic nitrogens is 1. The molecular formula is C8H5BrF6N2O. The van der Waals surface area contributed by atoms with Gasteiger partial charge < -0.3 is 10.5 Å². The summed E-state index contributed by atoms with van der Waals surface area (Å²) in [6, 6.07) is 0. The third-order valence-electron chi connectivity index (χ3n) is 1.75. The van der Waals surface area contributed by atoms with E-state index < -0.39 is 35.0 Å². The zero-order valence-corrected chi connectivity index (χ0v) is 9.95. The Morgan fingerprint density at radius 2 is 1.78 bits per heavy atom. The van der Waals surface area contributed by atoms with E-state index in [-0.39, 0.29) is 5.56 Å². The fourth-order valence-corrected chi connectivity index (χ4v) is 1.74. The van der Waals surface area contributed by atoms with Gasteiger partial charge in [-0.25, -0.2) is 0 Å². The number of rotatable bonds is 2. The van der Waals surface area contributed by atoms with E-state index >= 15 is 0 Å². The molecule has 0 unspecified atom stereocenters. The summed E-state index contributed by atoms with van der Waals surface area (Å²) in [4.78, 5) is 3.01. The van der Waals surface area contributed by atoms with E-state index in [1.807, 2.05) is 0 Å². The van der Waals surface area contributed by atoms with Gasteiger partial charge >= 0.3 is 12.5 Å². The van der Waals surface area contributed by atoms with Gasteiger partial charge in [0.15, 0.2) is 11.4 Å². The minimum Gasteiger partial charge on any atom is -0.404 e. The van der Waals surface area contributed by atoms with Crippen LogP contribution in [-0.4, -0.2) is 11.3 Å². The standard InChI is InChI=1S/C8H5BrF6N2O/c9-4-5(18-8(13,14)15)3(1-16)2-17-6(4)7(10,11)12/h2H,1,16H2. The van der Waals surface area contributed by atoms with Crippen LogP contribution in [-0.2, 0) is 12.7 Å². The van der Waals surface area contributed by atoms with Crippen molar-refractivity contribution < 1.29 is 31.1 Å². The second-order valence-electron chi connectivity index (χ2n) is 3.02. The Labute approximate surface area is 105 Å². The van der Waals surface area contributed by atoms with Crippen LogP contribution in [0.4, 0.5) is 26.3 Å². The smallest absolute Gasteiger partial charge is 0.404 e. The van der Waals surface area contributed by atoms with Crippen LogP contribution in [0.5, 0.6) is 5.75 Å². The summed E-state index contributed by atoms with van der Waals surface area (Å²) >= 11 is 2.40. The molecule has 1 aromatic rings. The van der Waals surface area contributed by atoms with Crippen molar-refractivity contribution in [2.45, 2.75) is 19.1 Å². The zero-order valence-electron chi connectivity index (χ0n) is 8.36. The first kappa shape index (κ1) is 15.0. The Balaban J connectivity index is 3.37. The maximum Gasteiger partial charge on any atom is 0.573 e. The molecular weight excluding hydrogens is 334 g/mol. The van der Waals surface area contributed by atoms with Gasteiger partial charge in [0.05, 0.1) is 4.47 Å². The molecule has 1 aromatic heterocycles. The molecule has 2 N–H and O–H groups in total. The lowest BCUT2D eigenvalue weighted by molar-refractivity contribution is -0.275. The highest BCUT2D eigenvalue weighted by molar-refractivity contribution is 9.10. The number of hydrogen-bond donors (Lipinski definition) is 1. The Morgan fingerprint density at radius 3 is 2.17 bits per heavy atom. The molecule has 0 aliphatic heterocycles. The van der Waals surface area contributed by atoms with Crippen molar-refractivity contribution >= 4 is 15.9 Å². The molecule has 0 bridgehead atoms. The normalized spacial score (nSPS) is 12.7. The average Bonchev–Trinajstić information content (AvgIpc) is 2.17. The van der Waals surface area contributed by atoms with Gasteiger partial charge in [-0.05, 0) is 15.9 Å². The molecule has 1 rings (SSSR count). The number of nitrogens with zero attached hydrogens (tertiary/aromatic N) is 1. The molecule has 0 saturated carbocycles. The molecule has 18 heavy (non-hydrogen) atoms. The summed E-state index contributed by atoms with van der Waals surface area (Å²) < 4.78 is 76.1. The molecule has 0 radical (unpaired) electrons. The van der Waals surface area contributed by atoms with Crippen molar-refractivity contribution in [1.29, 1.82) is 0 Å². The van der Waals surface area contributed by atoms with Crippen molar-refractivity contribution in [1.82, 2.24) is 4.98 Å². The minimum atomic E-state index is -5.13. The second kappa shape index (κ2) is 4.92. The summed E-state index contributed by atoms with van der Waals surface area (Å²) in [5.74, 6) is -1.03. The molecule has 0 aromatic carbocycles. The predicted molar refractivity (Wildman–Crippen MR) is 51.5 cm³/mol.